The van der Waals surface area contributed by atoms with E-state index in [4.69, 9.17) is 4.74 Å². The van der Waals surface area contributed by atoms with Crippen LogP contribution in [-0.4, -0.2) is 60.2 Å². The summed E-state index contributed by atoms with van der Waals surface area (Å²) in [6.07, 6.45) is -7.27. The molecule has 1 heterocycles. The topological polar surface area (TPSA) is 117 Å². The Morgan fingerprint density at radius 2 is 1.79 bits per heavy atom. The van der Waals surface area contributed by atoms with E-state index in [1.165, 1.54) is 11.4 Å². The first kappa shape index (κ1) is 26.2. The number of halogens is 6. The van der Waals surface area contributed by atoms with Crippen molar-refractivity contribution in [3.05, 3.63) is 24.0 Å². The number of aliphatic hydroxyl groups excluding tert-OH is 1. The largest absolute Gasteiger partial charge is 0.485 e. The zero-order valence-electron chi connectivity index (χ0n) is 17.4. The van der Waals surface area contributed by atoms with Gasteiger partial charge in [-0.3, -0.25) is 14.4 Å². The molecule has 0 saturated heterocycles. The second-order valence-electron chi connectivity index (χ2n) is 7.76. The molecular weight excluding hydrogens is 464 g/mol. The number of hydrogen-bond acceptors (Lipinski definition) is 5. The van der Waals surface area contributed by atoms with E-state index >= 15 is 0 Å². The van der Waals surface area contributed by atoms with E-state index in [0.29, 0.717) is 0 Å². The van der Waals surface area contributed by atoms with Gasteiger partial charge in [0.1, 0.15) is 29.1 Å². The van der Waals surface area contributed by atoms with Gasteiger partial charge < -0.3 is 25.8 Å². The molecule has 1 aliphatic heterocycles. The molecule has 0 radical (unpaired) electrons. The molecule has 1 aromatic carbocycles. The molecule has 2 rings (SSSR count). The van der Waals surface area contributed by atoms with Gasteiger partial charge >= 0.3 is 12.1 Å². The SMILES string of the molecule is CC(C)(C(=O)NCC(F)(F)C(F)(F)F)C(=O)N[C@@H]1C(=O)Nc2cc(F)ccc2O[C@@H]1CCO. The number of fused-ring (bicyclic) bond motifs is 1. The Balaban J connectivity index is 2.18. The maximum atomic E-state index is 13.5. The third-order valence-corrected chi connectivity index (χ3v) is 4.85. The average molecular weight is 485 g/mol. The molecule has 184 valence electrons. The van der Waals surface area contributed by atoms with Crippen molar-refractivity contribution in [1.82, 2.24) is 10.6 Å². The van der Waals surface area contributed by atoms with Gasteiger partial charge in [0.25, 0.3) is 5.91 Å². The van der Waals surface area contributed by atoms with Gasteiger partial charge in [0.05, 0.1) is 12.2 Å². The fraction of sp³-hybridized carbons (Fsp3) is 0.526. The molecule has 0 fully saturated rings. The number of alkyl halides is 5. The van der Waals surface area contributed by atoms with Crippen molar-refractivity contribution in [2.24, 2.45) is 5.41 Å². The minimum atomic E-state index is -5.91. The minimum absolute atomic E-state index is 0.0336. The smallest absolute Gasteiger partial charge is 0.455 e. The molecule has 4 N–H and O–H groups in total. The summed E-state index contributed by atoms with van der Waals surface area (Å²) in [4.78, 5) is 37.5. The van der Waals surface area contributed by atoms with Crippen molar-refractivity contribution < 1.29 is 50.6 Å². The van der Waals surface area contributed by atoms with Gasteiger partial charge in [-0.05, 0) is 26.0 Å². The molecule has 1 aliphatic rings. The van der Waals surface area contributed by atoms with E-state index in [-0.39, 0.29) is 17.9 Å². The van der Waals surface area contributed by atoms with Gasteiger partial charge in [-0.15, -0.1) is 0 Å². The molecule has 3 amide bonds. The first-order valence-corrected chi connectivity index (χ1v) is 9.52. The average Bonchev–Trinajstić information content (AvgIpc) is 2.82. The van der Waals surface area contributed by atoms with Gasteiger partial charge in [0, 0.05) is 19.1 Å². The van der Waals surface area contributed by atoms with Crippen LogP contribution in [0.5, 0.6) is 5.75 Å². The first-order chi connectivity index (χ1) is 15.1. The summed E-state index contributed by atoms with van der Waals surface area (Å²) in [5, 5.41) is 15.2. The minimum Gasteiger partial charge on any atom is -0.485 e. The van der Waals surface area contributed by atoms with Crippen LogP contribution >= 0.6 is 0 Å². The number of carbonyl (C=O) groups excluding carboxylic acids is 3. The van der Waals surface area contributed by atoms with Crippen molar-refractivity contribution in [2.45, 2.75) is 44.5 Å². The third-order valence-electron chi connectivity index (χ3n) is 4.85. The summed E-state index contributed by atoms with van der Waals surface area (Å²) in [6, 6.07) is 1.68. The number of ether oxygens (including phenoxy) is 1. The molecule has 33 heavy (non-hydrogen) atoms. The van der Waals surface area contributed by atoms with Gasteiger partial charge in [-0.2, -0.15) is 22.0 Å². The van der Waals surface area contributed by atoms with E-state index in [2.05, 4.69) is 10.6 Å². The molecule has 2 atom stereocenters. The van der Waals surface area contributed by atoms with E-state index in [1.54, 1.807) is 0 Å². The highest BCUT2D eigenvalue weighted by Crippen LogP contribution is 2.35. The predicted molar refractivity (Wildman–Crippen MR) is 101 cm³/mol. The van der Waals surface area contributed by atoms with Gasteiger partial charge in [-0.1, -0.05) is 0 Å². The molecule has 0 unspecified atom stereocenters. The fourth-order valence-corrected chi connectivity index (χ4v) is 2.76. The lowest BCUT2D eigenvalue weighted by Crippen LogP contribution is -2.58. The quantitative estimate of drug-likeness (QED) is 0.347. The van der Waals surface area contributed by atoms with Crippen LogP contribution in [0.3, 0.4) is 0 Å². The summed E-state index contributed by atoms with van der Waals surface area (Å²) in [6.45, 7) is -0.682. The van der Waals surface area contributed by atoms with Crippen molar-refractivity contribution in [3.63, 3.8) is 0 Å². The Morgan fingerprint density at radius 3 is 2.36 bits per heavy atom. The number of rotatable bonds is 7. The van der Waals surface area contributed by atoms with Crippen LogP contribution in [0.25, 0.3) is 0 Å². The maximum absolute atomic E-state index is 13.5. The second kappa shape index (κ2) is 9.45. The van der Waals surface area contributed by atoms with Crippen molar-refractivity contribution in [1.29, 1.82) is 0 Å². The summed E-state index contributed by atoms with van der Waals surface area (Å²) >= 11 is 0. The predicted octanol–water partition coefficient (Wildman–Crippen LogP) is 1.73. The van der Waals surface area contributed by atoms with Crippen LogP contribution in [0.1, 0.15) is 20.3 Å². The van der Waals surface area contributed by atoms with Crippen LogP contribution in [0.2, 0.25) is 0 Å². The van der Waals surface area contributed by atoms with Crippen molar-refractivity contribution >= 4 is 23.4 Å². The Hall–Kier alpha value is -3.03. The number of benzene rings is 1. The number of aliphatic hydroxyl groups is 1. The van der Waals surface area contributed by atoms with E-state index in [1.807, 2.05) is 0 Å². The number of amides is 3. The normalized spacial score (nSPS) is 19.0. The number of hydrogen-bond donors (Lipinski definition) is 4. The van der Waals surface area contributed by atoms with Crippen LogP contribution in [0.15, 0.2) is 18.2 Å². The van der Waals surface area contributed by atoms with Crippen LogP contribution in [0.4, 0.5) is 32.0 Å². The number of carbonyl (C=O) groups is 3. The zero-order valence-corrected chi connectivity index (χ0v) is 17.4. The van der Waals surface area contributed by atoms with E-state index in [9.17, 15) is 45.8 Å². The van der Waals surface area contributed by atoms with Gasteiger partial charge in [-0.25, -0.2) is 4.39 Å². The lowest BCUT2D eigenvalue weighted by Gasteiger charge is -2.29. The fourth-order valence-electron chi connectivity index (χ4n) is 2.76. The summed E-state index contributed by atoms with van der Waals surface area (Å²) < 4.78 is 82.2. The van der Waals surface area contributed by atoms with Crippen LogP contribution in [-0.2, 0) is 14.4 Å². The first-order valence-electron chi connectivity index (χ1n) is 9.52. The highest BCUT2D eigenvalue weighted by Gasteiger charge is 2.57. The zero-order chi connectivity index (χ0) is 25.2. The Bertz CT molecular complexity index is 922. The van der Waals surface area contributed by atoms with Crippen molar-refractivity contribution in [3.8, 4) is 5.75 Å². The summed E-state index contributed by atoms with van der Waals surface area (Å²) in [5.41, 5.74) is -2.25. The molecule has 8 nitrogen and oxygen atoms in total. The lowest BCUT2D eigenvalue weighted by atomic mass is 9.90. The molecule has 14 heteroatoms. The van der Waals surface area contributed by atoms with Crippen molar-refractivity contribution in [2.75, 3.05) is 18.5 Å². The molecular formula is C19H21F6N3O5. The summed E-state index contributed by atoms with van der Waals surface area (Å²) in [5.74, 6) is -9.44. The highest BCUT2D eigenvalue weighted by atomic mass is 19.4. The van der Waals surface area contributed by atoms with Crippen LogP contribution in [0, 0.1) is 11.2 Å². The molecule has 0 saturated carbocycles. The molecule has 0 aliphatic carbocycles. The maximum Gasteiger partial charge on any atom is 0.455 e. The Labute approximate surface area is 183 Å². The standard InChI is InChI=1S/C19H21F6N3O5/c1-17(2,15(31)26-8-18(21,22)19(23,24)25)16(32)28-13-12(5-6-29)33-11-4-3-9(20)7-10(11)27-14(13)30/h3-4,7,12-13,29H,5-6,8H2,1-2H3,(H,26,31)(H,27,30)(H,28,32)/t12-,13+/m1/s1. The Kier molecular flexibility index (Phi) is 7.51. The highest BCUT2D eigenvalue weighted by molar-refractivity contribution is 6.07. The third kappa shape index (κ3) is 5.86. The number of anilines is 1. The van der Waals surface area contributed by atoms with Crippen LogP contribution < -0.4 is 20.7 Å². The molecule has 0 spiro atoms. The molecule has 0 bridgehead atoms. The summed E-state index contributed by atoms with van der Waals surface area (Å²) in [7, 11) is 0. The molecule has 0 aromatic heterocycles. The van der Waals surface area contributed by atoms with E-state index < -0.39 is 66.4 Å². The lowest BCUT2D eigenvalue weighted by molar-refractivity contribution is -0.278. The van der Waals surface area contributed by atoms with Gasteiger partial charge in [0.2, 0.25) is 11.8 Å². The van der Waals surface area contributed by atoms with E-state index in [0.717, 1.165) is 26.0 Å². The number of nitrogens with one attached hydrogen (secondary N) is 3. The Morgan fingerprint density at radius 1 is 1.15 bits per heavy atom. The van der Waals surface area contributed by atoms with Gasteiger partial charge in [0.15, 0.2) is 0 Å². The molecule has 1 aromatic rings. The second-order valence-corrected chi connectivity index (χ2v) is 7.76. The monoisotopic (exact) mass is 485 g/mol.